The second-order valence-electron chi connectivity index (χ2n) is 9.49. The fraction of sp³-hybridized carbons (Fsp3) is 0.560. The van der Waals surface area contributed by atoms with Gasteiger partial charge in [0, 0.05) is 19.6 Å². The Hall–Kier alpha value is -2.49. The molecule has 2 fully saturated rings. The highest BCUT2D eigenvalue weighted by Gasteiger charge is 2.47. The van der Waals surface area contributed by atoms with Gasteiger partial charge in [-0.05, 0) is 57.0 Å². The van der Waals surface area contributed by atoms with Crippen LogP contribution in [0.2, 0.25) is 10.0 Å². The van der Waals surface area contributed by atoms with E-state index in [2.05, 4.69) is 11.5 Å². The molecule has 0 aliphatic carbocycles. The number of amides is 2. The smallest absolute Gasteiger partial charge is 0.410 e. The summed E-state index contributed by atoms with van der Waals surface area (Å²) in [5.41, 5.74) is 0.0115. The highest BCUT2D eigenvalue weighted by Crippen LogP contribution is 2.33. The Kier molecular flexibility index (Phi) is 9.49. The number of carbonyl (C=O) groups is 3. The fourth-order valence-electron chi connectivity index (χ4n) is 4.83. The standard InChI is InChI=1S/C25H33Cl2N3O6/c1-17(36-15-23(32)33)21-14-30(22(31)13-18-6-7-19(26)20(27)12-18)25(2,16-29(21)24(34)35-3)8-11-28-9-4-5-10-28/h6-7,12,21H,1,4-5,8-11,13-16H2,2-3H3,(H,32,33)/t21-,25-/m1/s1. The van der Waals surface area contributed by atoms with Crippen molar-refractivity contribution >= 4 is 41.2 Å². The minimum atomic E-state index is -1.17. The second-order valence-corrected chi connectivity index (χ2v) is 10.3. The zero-order chi connectivity index (χ0) is 26.5. The lowest BCUT2D eigenvalue weighted by Crippen LogP contribution is -2.68. The molecule has 1 N–H and O–H groups in total. The molecule has 0 unspecified atom stereocenters. The number of ether oxygens (including phenoxy) is 2. The van der Waals surface area contributed by atoms with Crippen molar-refractivity contribution in [2.24, 2.45) is 0 Å². The summed E-state index contributed by atoms with van der Waals surface area (Å²) in [6, 6.07) is 4.30. The third kappa shape index (κ3) is 6.83. The zero-order valence-corrected chi connectivity index (χ0v) is 22.2. The van der Waals surface area contributed by atoms with Crippen LogP contribution in [-0.4, -0.2) is 95.8 Å². The topological polar surface area (TPSA) is 99.6 Å². The first kappa shape index (κ1) is 28.1. The van der Waals surface area contributed by atoms with Crippen molar-refractivity contribution in [2.45, 2.75) is 44.2 Å². The molecule has 2 amide bonds. The molecule has 0 saturated carbocycles. The van der Waals surface area contributed by atoms with Crippen LogP contribution in [0.5, 0.6) is 0 Å². The number of aliphatic carboxylic acids is 1. The van der Waals surface area contributed by atoms with E-state index in [4.69, 9.17) is 37.8 Å². The Balaban J connectivity index is 1.89. The molecular formula is C25H33Cl2N3O6. The average molecular weight is 542 g/mol. The Labute approximate surface area is 221 Å². The highest BCUT2D eigenvalue weighted by molar-refractivity contribution is 6.42. The molecule has 0 spiro atoms. The predicted molar refractivity (Wildman–Crippen MR) is 136 cm³/mol. The maximum atomic E-state index is 13.7. The van der Waals surface area contributed by atoms with Gasteiger partial charge in [0.1, 0.15) is 11.8 Å². The number of methoxy groups -OCH3 is 1. The zero-order valence-electron chi connectivity index (χ0n) is 20.7. The number of carbonyl (C=O) groups excluding carboxylic acids is 2. The van der Waals surface area contributed by atoms with Crippen molar-refractivity contribution in [3.8, 4) is 0 Å². The number of benzene rings is 1. The SMILES string of the molecule is C=C(OCC(=O)O)[C@H]1CN(C(=O)Cc2ccc(Cl)c(Cl)c2)[C@](C)(CCN2CCCC2)CN1C(=O)OC. The lowest BCUT2D eigenvalue weighted by molar-refractivity contribution is -0.145. The van der Waals surface area contributed by atoms with Gasteiger partial charge < -0.3 is 24.4 Å². The van der Waals surface area contributed by atoms with Gasteiger partial charge in [0.25, 0.3) is 0 Å². The molecule has 1 aromatic carbocycles. The van der Waals surface area contributed by atoms with Crippen LogP contribution in [0.3, 0.4) is 0 Å². The fourth-order valence-corrected chi connectivity index (χ4v) is 5.15. The molecular weight excluding hydrogens is 509 g/mol. The van der Waals surface area contributed by atoms with Crippen LogP contribution in [0.25, 0.3) is 0 Å². The number of hydrogen-bond acceptors (Lipinski definition) is 6. The number of likely N-dealkylation sites (tertiary alicyclic amines) is 1. The molecule has 0 aromatic heterocycles. The molecule has 0 radical (unpaired) electrons. The van der Waals surface area contributed by atoms with Crippen LogP contribution < -0.4 is 0 Å². The molecule has 3 rings (SSSR count). The molecule has 2 heterocycles. The third-order valence-electron chi connectivity index (χ3n) is 6.86. The van der Waals surface area contributed by atoms with Crippen LogP contribution in [0.15, 0.2) is 30.5 Å². The Morgan fingerprint density at radius 2 is 1.89 bits per heavy atom. The summed E-state index contributed by atoms with van der Waals surface area (Å²) >= 11 is 12.2. The van der Waals surface area contributed by atoms with Crippen molar-refractivity contribution in [3.63, 3.8) is 0 Å². The van der Waals surface area contributed by atoms with Gasteiger partial charge in [-0.25, -0.2) is 9.59 Å². The Morgan fingerprint density at radius 1 is 1.19 bits per heavy atom. The first-order chi connectivity index (χ1) is 17.0. The van der Waals surface area contributed by atoms with Crippen molar-refractivity contribution in [2.75, 3.05) is 46.4 Å². The number of piperazine rings is 1. The van der Waals surface area contributed by atoms with E-state index in [1.54, 1.807) is 23.1 Å². The lowest BCUT2D eigenvalue weighted by atomic mass is 9.88. The van der Waals surface area contributed by atoms with E-state index in [-0.39, 0.29) is 31.2 Å². The predicted octanol–water partition coefficient (Wildman–Crippen LogP) is 3.67. The van der Waals surface area contributed by atoms with Crippen molar-refractivity contribution in [3.05, 3.63) is 46.1 Å². The molecule has 36 heavy (non-hydrogen) atoms. The van der Waals surface area contributed by atoms with Gasteiger partial charge in [-0.1, -0.05) is 35.8 Å². The maximum absolute atomic E-state index is 13.7. The van der Waals surface area contributed by atoms with Crippen LogP contribution >= 0.6 is 23.2 Å². The minimum absolute atomic E-state index is 0.0803. The van der Waals surface area contributed by atoms with Gasteiger partial charge in [-0.15, -0.1) is 0 Å². The number of carboxylic acid groups (broad SMARTS) is 1. The summed E-state index contributed by atoms with van der Waals surface area (Å²) in [7, 11) is 1.28. The van der Waals surface area contributed by atoms with Crippen LogP contribution in [-0.2, 0) is 25.5 Å². The van der Waals surface area contributed by atoms with E-state index >= 15 is 0 Å². The summed E-state index contributed by atoms with van der Waals surface area (Å²) in [5.74, 6) is -1.24. The van der Waals surface area contributed by atoms with Gasteiger partial charge in [0.05, 0.1) is 29.1 Å². The summed E-state index contributed by atoms with van der Waals surface area (Å²) in [6.07, 6.45) is 2.43. The van der Waals surface area contributed by atoms with Gasteiger partial charge in [-0.3, -0.25) is 9.69 Å². The number of nitrogens with zero attached hydrogens (tertiary/aromatic N) is 3. The van der Waals surface area contributed by atoms with Gasteiger partial charge in [-0.2, -0.15) is 0 Å². The van der Waals surface area contributed by atoms with Crippen molar-refractivity contribution in [1.82, 2.24) is 14.7 Å². The van der Waals surface area contributed by atoms with Crippen molar-refractivity contribution < 1.29 is 29.0 Å². The number of carboxylic acids is 1. The molecule has 198 valence electrons. The number of hydrogen-bond donors (Lipinski definition) is 1. The Morgan fingerprint density at radius 3 is 2.50 bits per heavy atom. The number of rotatable bonds is 9. The lowest BCUT2D eigenvalue weighted by Gasteiger charge is -2.52. The average Bonchev–Trinajstić information content (AvgIpc) is 3.36. The van der Waals surface area contributed by atoms with E-state index in [9.17, 15) is 14.4 Å². The molecule has 2 aliphatic rings. The molecule has 1 aromatic rings. The van der Waals surface area contributed by atoms with E-state index in [1.165, 1.54) is 12.0 Å². The van der Waals surface area contributed by atoms with Gasteiger partial charge in [0.15, 0.2) is 6.61 Å². The third-order valence-corrected chi connectivity index (χ3v) is 7.60. The molecule has 11 heteroatoms. The normalized spacial score (nSPS) is 22.4. The van der Waals surface area contributed by atoms with E-state index in [0.29, 0.717) is 22.0 Å². The first-order valence-corrected chi connectivity index (χ1v) is 12.6. The molecule has 2 saturated heterocycles. The van der Waals surface area contributed by atoms with Crippen molar-refractivity contribution in [1.29, 1.82) is 0 Å². The summed E-state index contributed by atoms with van der Waals surface area (Å²) in [5, 5.41) is 9.79. The first-order valence-electron chi connectivity index (χ1n) is 11.9. The van der Waals surface area contributed by atoms with E-state index in [0.717, 1.165) is 32.5 Å². The Bertz CT molecular complexity index is 1000. The summed E-state index contributed by atoms with van der Waals surface area (Å²) < 4.78 is 10.3. The molecule has 9 nitrogen and oxygen atoms in total. The quantitative estimate of drug-likeness (QED) is 0.476. The summed E-state index contributed by atoms with van der Waals surface area (Å²) in [4.78, 5) is 43.1. The van der Waals surface area contributed by atoms with Gasteiger partial charge >= 0.3 is 12.1 Å². The second kappa shape index (κ2) is 12.2. The van der Waals surface area contributed by atoms with E-state index in [1.807, 2.05) is 6.92 Å². The maximum Gasteiger partial charge on any atom is 0.410 e. The van der Waals surface area contributed by atoms with Gasteiger partial charge in [0.2, 0.25) is 5.91 Å². The molecule has 2 aliphatic heterocycles. The summed E-state index contributed by atoms with van der Waals surface area (Å²) in [6.45, 7) is 8.29. The minimum Gasteiger partial charge on any atom is -0.485 e. The van der Waals surface area contributed by atoms with Crippen LogP contribution in [0, 0.1) is 0 Å². The largest absolute Gasteiger partial charge is 0.485 e. The molecule has 0 bridgehead atoms. The monoisotopic (exact) mass is 541 g/mol. The van der Waals surface area contributed by atoms with Crippen LogP contribution in [0.1, 0.15) is 31.7 Å². The highest BCUT2D eigenvalue weighted by atomic mass is 35.5. The molecule has 2 atom stereocenters. The van der Waals surface area contributed by atoms with E-state index < -0.39 is 30.3 Å². The number of halogens is 2. The van der Waals surface area contributed by atoms with Crippen LogP contribution in [0.4, 0.5) is 4.79 Å².